The summed E-state index contributed by atoms with van der Waals surface area (Å²) in [5.41, 5.74) is -3.09. The predicted octanol–water partition coefficient (Wildman–Crippen LogP) is 3.72. The van der Waals surface area contributed by atoms with E-state index in [1.165, 1.54) is 13.1 Å². The van der Waals surface area contributed by atoms with E-state index in [0.717, 1.165) is 33.2 Å². The van der Waals surface area contributed by atoms with Gasteiger partial charge >= 0.3 is 12.4 Å². The Morgan fingerprint density at radius 3 is 2.18 bits per heavy atom. The molecule has 3 rings (SSSR count). The van der Waals surface area contributed by atoms with Gasteiger partial charge in [0.15, 0.2) is 11.5 Å². The molecule has 0 aliphatic heterocycles. The van der Waals surface area contributed by atoms with Gasteiger partial charge in [0.25, 0.3) is 5.56 Å². The Hall–Kier alpha value is -3.11. The quantitative estimate of drug-likeness (QED) is 0.495. The van der Waals surface area contributed by atoms with Crippen molar-refractivity contribution < 1.29 is 31.1 Å². The molecule has 2 aromatic heterocycles. The first-order chi connectivity index (χ1) is 12.9. The van der Waals surface area contributed by atoms with Crippen LogP contribution < -0.4 is 5.56 Å². The maximum Gasteiger partial charge on any atom is 0.433 e. The largest absolute Gasteiger partial charge is 0.433 e. The van der Waals surface area contributed by atoms with Gasteiger partial charge in [-0.2, -0.15) is 26.3 Å². The Balaban J connectivity index is 2.00. The average molecular weight is 403 g/mol. The molecule has 0 amide bonds. The number of benzene rings is 1. The van der Waals surface area contributed by atoms with Gasteiger partial charge in [-0.05, 0) is 19.1 Å². The zero-order valence-electron chi connectivity index (χ0n) is 14.1. The van der Waals surface area contributed by atoms with Crippen molar-refractivity contribution in [2.45, 2.75) is 25.8 Å². The molecule has 0 atom stereocenters. The van der Waals surface area contributed by atoms with Crippen molar-refractivity contribution in [3.63, 3.8) is 0 Å². The van der Waals surface area contributed by atoms with Gasteiger partial charge in [0.05, 0.1) is 12.1 Å². The summed E-state index contributed by atoms with van der Waals surface area (Å²) in [5.74, 6) is -1.04. The van der Waals surface area contributed by atoms with Gasteiger partial charge in [0.1, 0.15) is 0 Å². The minimum absolute atomic E-state index is 0.0615. The number of fused-ring (bicyclic) bond motifs is 1. The fourth-order valence-corrected chi connectivity index (χ4v) is 2.63. The van der Waals surface area contributed by atoms with Crippen molar-refractivity contribution >= 4 is 11.6 Å². The summed E-state index contributed by atoms with van der Waals surface area (Å²) in [4.78, 5) is 27.7. The summed E-state index contributed by atoms with van der Waals surface area (Å²) >= 11 is 0. The van der Waals surface area contributed by atoms with Crippen LogP contribution in [0, 0.1) is 6.92 Å². The number of halogens is 6. The second-order valence-corrected chi connectivity index (χ2v) is 6.00. The molecule has 0 spiro atoms. The Morgan fingerprint density at radius 2 is 1.64 bits per heavy atom. The molecule has 0 N–H and O–H groups in total. The van der Waals surface area contributed by atoms with Gasteiger partial charge in [-0.15, -0.1) is 0 Å². The number of aromatic nitrogens is 3. The summed E-state index contributed by atoms with van der Waals surface area (Å²) < 4.78 is 78.5. The van der Waals surface area contributed by atoms with Crippen LogP contribution in [0.15, 0.2) is 41.3 Å². The van der Waals surface area contributed by atoms with Crippen molar-refractivity contribution in [1.29, 1.82) is 0 Å². The molecule has 1 aromatic carbocycles. The van der Waals surface area contributed by atoms with E-state index in [1.54, 1.807) is 0 Å². The van der Waals surface area contributed by atoms with Crippen LogP contribution in [0.2, 0.25) is 0 Å². The minimum Gasteiger partial charge on any atom is -0.306 e. The molecule has 11 heteroatoms. The number of hydrogen-bond acceptors (Lipinski definition) is 3. The smallest absolute Gasteiger partial charge is 0.306 e. The average Bonchev–Trinajstić information content (AvgIpc) is 2.90. The number of alkyl halides is 6. The van der Waals surface area contributed by atoms with Gasteiger partial charge in [-0.3, -0.25) is 14.0 Å². The van der Waals surface area contributed by atoms with Gasteiger partial charge in [0, 0.05) is 23.5 Å². The molecule has 0 saturated carbocycles. The Bertz CT molecular complexity index is 1110. The van der Waals surface area contributed by atoms with E-state index < -0.39 is 47.3 Å². The van der Waals surface area contributed by atoms with Crippen molar-refractivity contribution in [2.75, 3.05) is 0 Å². The monoisotopic (exact) mass is 403 g/mol. The van der Waals surface area contributed by atoms with Crippen molar-refractivity contribution in [3.05, 3.63) is 69.4 Å². The zero-order valence-corrected chi connectivity index (χ0v) is 14.1. The normalized spacial score (nSPS) is 12.5. The molecule has 28 heavy (non-hydrogen) atoms. The first kappa shape index (κ1) is 19.6. The number of rotatable bonds is 3. The number of nitrogens with zero attached hydrogens (tertiary/aromatic N) is 3. The molecule has 0 bridgehead atoms. The molecule has 0 aliphatic carbocycles. The standard InChI is InChI=1S/C17H11F6N3O2/c1-9-7-26-14(28)6-13(17(21,22)23)24-15(26)25(9)8-12(27)10-2-4-11(5-3-10)16(18,19)20/h2-7H,8H2,1H3. The summed E-state index contributed by atoms with van der Waals surface area (Å²) in [6.45, 7) is 0.961. The molecule has 0 unspecified atom stereocenters. The molecule has 0 fully saturated rings. The van der Waals surface area contributed by atoms with Crippen LogP contribution >= 0.6 is 0 Å². The van der Waals surface area contributed by atoms with Crippen LogP contribution in [0.25, 0.3) is 5.78 Å². The lowest BCUT2D eigenvalue weighted by molar-refractivity contribution is -0.141. The van der Waals surface area contributed by atoms with Crippen molar-refractivity contribution in [3.8, 4) is 0 Å². The highest BCUT2D eigenvalue weighted by Crippen LogP contribution is 2.29. The van der Waals surface area contributed by atoms with E-state index in [0.29, 0.717) is 6.07 Å². The van der Waals surface area contributed by atoms with Crippen LogP contribution in [0.3, 0.4) is 0 Å². The third-order valence-corrected chi connectivity index (χ3v) is 4.04. The molecule has 5 nitrogen and oxygen atoms in total. The van der Waals surface area contributed by atoms with Crippen LogP contribution in [-0.2, 0) is 18.9 Å². The lowest BCUT2D eigenvalue weighted by Gasteiger charge is -2.10. The van der Waals surface area contributed by atoms with Crippen LogP contribution in [0.1, 0.15) is 27.3 Å². The minimum atomic E-state index is -4.85. The Kier molecular flexibility index (Phi) is 4.56. The summed E-state index contributed by atoms with van der Waals surface area (Å²) in [5, 5.41) is 0. The maximum absolute atomic E-state index is 12.9. The predicted molar refractivity (Wildman–Crippen MR) is 85.0 cm³/mol. The van der Waals surface area contributed by atoms with E-state index in [-0.39, 0.29) is 11.3 Å². The lowest BCUT2D eigenvalue weighted by Crippen LogP contribution is -2.21. The molecule has 3 aromatic rings. The molecule has 2 heterocycles. The van der Waals surface area contributed by atoms with E-state index in [4.69, 9.17) is 0 Å². The van der Waals surface area contributed by atoms with E-state index in [9.17, 15) is 35.9 Å². The Labute approximate surface area is 152 Å². The number of ketones is 1. The number of Topliss-reactive ketones (excluding diaryl/α,β-unsaturated/α-hetero) is 1. The van der Waals surface area contributed by atoms with Gasteiger partial charge in [-0.25, -0.2) is 4.98 Å². The Morgan fingerprint density at radius 1 is 1.04 bits per heavy atom. The fraction of sp³-hybridized carbons (Fsp3) is 0.235. The lowest BCUT2D eigenvalue weighted by atomic mass is 10.1. The highest BCUT2D eigenvalue weighted by atomic mass is 19.4. The van der Waals surface area contributed by atoms with Crippen LogP contribution in [-0.4, -0.2) is 19.7 Å². The highest BCUT2D eigenvalue weighted by Gasteiger charge is 2.34. The second-order valence-electron chi connectivity index (χ2n) is 6.00. The SMILES string of the molecule is Cc1cn2c(=O)cc(C(F)(F)F)nc2n1CC(=O)c1ccc(C(F)(F)F)cc1. The molecule has 0 radical (unpaired) electrons. The van der Waals surface area contributed by atoms with E-state index in [2.05, 4.69) is 4.98 Å². The number of aryl methyl sites for hydroxylation is 1. The van der Waals surface area contributed by atoms with Crippen molar-refractivity contribution in [2.24, 2.45) is 0 Å². The van der Waals surface area contributed by atoms with Crippen LogP contribution in [0.5, 0.6) is 0 Å². The molecular formula is C17H11F6N3O2. The topological polar surface area (TPSA) is 56.4 Å². The maximum atomic E-state index is 12.9. The van der Waals surface area contributed by atoms with Gasteiger partial charge in [0.2, 0.25) is 5.78 Å². The van der Waals surface area contributed by atoms with Crippen LogP contribution in [0.4, 0.5) is 26.3 Å². The zero-order chi connectivity index (χ0) is 20.9. The van der Waals surface area contributed by atoms with Gasteiger partial charge in [-0.1, -0.05) is 12.1 Å². The number of hydrogen-bond donors (Lipinski definition) is 0. The summed E-state index contributed by atoms with van der Waals surface area (Å²) in [7, 11) is 0. The molecule has 148 valence electrons. The first-order valence-electron chi connectivity index (χ1n) is 7.75. The second kappa shape index (κ2) is 6.50. The summed E-state index contributed by atoms with van der Waals surface area (Å²) in [6, 6.07) is 3.77. The number of carbonyl (C=O) groups is 1. The molecular weight excluding hydrogens is 392 g/mol. The third-order valence-electron chi connectivity index (χ3n) is 4.04. The fourth-order valence-electron chi connectivity index (χ4n) is 2.63. The molecule has 0 aliphatic rings. The van der Waals surface area contributed by atoms with Crippen molar-refractivity contribution in [1.82, 2.24) is 14.0 Å². The van der Waals surface area contributed by atoms with Gasteiger partial charge < -0.3 is 4.57 Å². The third kappa shape index (κ3) is 3.64. The van der Waals surface area contributed by atoms with E-state index >= 15 is 0 Å². The highest BCUT2D eigenvalue weighted by molar-refractivity contribution is 5.96. The first-order valence-corrected chi connectivity index (χ1v) is 7.75. The number of carbonyl (C=O) groups excluding carboxylic acids is 1. The van der Waals surface area contributed by atoms with E-state index in [1.807, 2.05) is 0 Å². The number of imidazole rings is 1. The molecule has 0 saturated heterocycles. The summed E-state index contributed by atoms with van der Waals surface area (Å²) in [6.07, 6.45) is -8.19.